The first-order valence-corrected chi connectivity index (χ1v) is 26.7. The van der Waals surface area contributed by atoms with Gasteiger partial charge in [0.05, 0.1) is 33.7 Å². The minimum atomic E-state index is -4.65. The lowest BCUT2D eigenvalue weighted by molar-refractivity contribution is -0.386. The van der Waals surface area contributed by atoms with Crippen molar-refractivity contribution in [3.8, 4) is 17.2 Å². The number of ether oxygens (including phenoxy) is 2. The van der Waals surface area contributed by atoms with E-state index in [-0.39, 0.29) is 35.0 Å². The lowest BCUT2D eigenvalue weighted by atomic mass is 9.72. The van der Waals surface area contributed by atoms with E-state index in [2.05, 4.69) is 61.2 Å². The lowest BCUT2D eigenvalue weighted by Gasteiger charge is -2.39. The monoisotopic (exact) mass is 969 g/mol. The summed E-state index contributed by atoms with van der Waals surface area (Å²) in [6, 6.07) is 19.1. The van der Waals surface area contributed by atoms with Crippen molar-refractivity contribution in [3.05, 3.63) is 117 Å². The average molecular weight is 971 g/mol. The van der Waals surface area contributed by atoms with Gasteiger partial charge in [-0.05, 0) is 113 Å². The smallest absolute Gasteiger partial charge is 0.277 e. The van der Waals surface area contributed by atoms with Crippen LogP contribution in [0, 0.1) is 21.4 Å². The predicted octanol–water partition coefficient (Wildman–Crippen LogP) is 7.79. The number of benzene rings is 3. The standard InChI is InChI=1S/C49H56ClN7O8S2/c1-49(2)13-10-36(43(29-49)34-4-6-37(50)7-5-34)31-55-16-18-56(19-17-55)38-8-9-41(46(26-38)65-39-25-35-11-14-51-47(35)52-30-39)48(58)53-67(62,63)40-27-44(57(59)60)42-24-33(32-64-45(42)28-40)12-15-54-20-22-66(3,61)23-21-54/h4-9,11,14,25-28,30,33H,3,10,12-13,15-24,29,31-32H2,1-2H3,(H,51,52)(H,53,58)/t33-/m1/s1. The third kappa shape index (κ3) is 10.8. The molecule has 2 saturated heterocycles. The summed E-state index contributed by atoms with van der Waals surface area (Å²) in [6.45, 7) is 10.9. The normalized spacial score (nSPS) is 20.0. The quantitative estimate of drug-likeness (QED) is 0.0666. The van der Waals surface area contributed by atoms with Crippen LogP contribution in [0.4, 0.5) is 11.4 Å². The number of nitrogens with zero attached hydrogens (tertiary/aromatic N) is 5. The highest BCUT2D eigenvalue weighted by atomic mass is 35.5. The summed E-state index contributed by atoms with van der Waals surface area (Å²) in [5, 5.41) is 13.9. The van der Waals surface area contributed by atoms with Crippen LogP contribution in [0.2, 0.25) is 5.02 Å². The molecule has 2 aromatic heterocycles. The van der Waals surface area contributed by atoms with Crippen LogP contribution in [0.3, 0.4) is 0 Å². The number of halogens is 1. The summed E-state index contributed by atoms with van der Waals surface area (Å²) in [4.78, 5) is 39.8. The number of nitro groups is 1. The summed E-state index contributed by atoms with van der Waals surface area (Å²) in [7, 11) is -6.68. The summed E-state index contributed by atoms with van der Waals surface area (Å²) >= 11 is 6.25. The number of hydrogen-bond donors (Lipinski definition) is 2. The maximum Gasteiger partial charge on any atom is 0.277 e. The molecule has 2 N–H and O–H groups in total. The number of pyridine rings is 1. The number of H-pyrrole nitrogens is 1. The fourth-order valence-corrected chi connectivity index (χ4v) is 12.1. The number of nitro benzene ring substituents is 1. The van der Waals surface area contributed by atoms with Crippen molar-refractivity contribution in [3.63, 3.8) is 0 Å². The van der Waals surface area contributed by atoms with Gasteiger partial charge in [-0.2, -0.15) is 0 Å². The molecule has 2 fully saturated rings. The Balaban J connectivity index is 0.919. The van der Waals surface area contributed by atoms with Crippen LogP contribution in [0.1, 0.15) is 61.0 Å². The highest BCUT2D eigenvalue weighted by Crippen LogP contribution is 2.44. The van der Waals surface area contributed by atoms with E-state index in [9.17, 15) is 27.5 Å². The van der Waals surface area contributed by atoms with Crippen LogP contribution >= 0.6 is 11.6 Å². The molecular weight excluding hydrogens is 914 g/mol. The van der Waals surface area contributed by atoms with Gasteiger partial charge in [0.1, 0.15) is 22.9 Å². The van der Waals surface area contributed by atoms with Crippen LogP contribution in [0.25, 0.3) is 16.6 Å². The molecule has 0 radical (unpaired) electrons. The number of anilines is 1. The molecule has 5 aromatic rings. The van der Waals surface area contributed by atoms with Gasteiger partial charge in [0.2, 0.25) is 0 Å². The molecule has 3 aliphatic heterocycles. The Bertz CT molecular complexity index is 2950. The average Bonchev–Trinajstić information content (AvgIpc) is 3.77. The first-order chi connectivity index (χ1) is 32.0. The molecule has 354 valence electrons. The van der Waals surface area contributed by atoms with Gasteiger partial charge in [-0.1, -0.05) is 43.2 Å². The molecular formula is C49H56ClN7O8S2. The number of fused-ring (bicyclic) bond motifs is 2. The molecule has 0 bridgehead atoms. The van der Waals surface area contributed by atoms with Gasteiger partial charge in [0.15, 0.2) is 0 Å². The van der Waals surface area contributed by atoms with E-state index in [0.717, 1.165) is 67.6 Å². The lowest BCUT2D eigenvalue weighted by Crippen LogP contribution is -2.47. The second-order valence-electron chi connectivity index (χ2n) is 19.1. The van der Waals surface area contributed by atoms with Crippen molar-refractivity contribution >= 4 is 70.9 Å². The maximum atomic E-state index is 14.1. The van der Waals surface area contributed by atoms with Crippen molar-refractivity contribution in [1.82, 2.24) is 24.5 Å². The summed E-state index contributed by atoms with van der Waals surface area (Å²) in [5.74, 6) is 4.44. The number of aromatic nitrogens is 2. The molecule has 0 unspecified atom stereocenters. The number of allylic oxidation sites excluding steroid dienone is 1. The van der Waals surface area contributed by atoms with Gasteiger partial charge in [0.25, 0.3) is 21.6 Å². The van der Waals surface area contributed by atoms with Crippen molar-refractivity contribution in [1.29, 1.82) is 0 Å². The van der Waals surface area contributed by atoms with Crippen LogP contribution in [-0.2, 0) is 26.0 Å². The van der Waals surface area contributed by atoms with E-state index in [1.54, 1.807) is 24.4 Å². The Kier molecular flexibility index (Phi) is 13.2. The van der Waals surface area contributed by atoms with Crippen molar-refractivity contribution < 1.29 is 31.8 Å². The number of rotatable bonds is 13. The van der Waals surface area contributed by atoms with E-state index in [4.69, 9.17) is 21.1 Å². The van der Waals surface area contributed by atoms with Crippen molar-refractivity contribution in [2.45, 2.75) is 50.8 Å². The highest BCUT2D eigenvalue weighted by Gasteiger charge is 2.34. The topological polar surface area (TPSA) is 180 Å². The number of hydrogen-bond acceptors (Lipinski definition) is 12. The van der Waals surface area contributed by atoms with Gasteiger partial charge in [-0.25, -0.2) is 18.1 Å². The SMILES string of the molecule is C=S1(=O)CCN(CC[C@H]2COc3cc(S(=O)(=O)NC(=O)c4ccc(N5CCN(CC6=C(c7ccc(Cl)cc7)CC(C)(C)CC6)CC5)cc4Oc4cnc5[nH]ccc5c4)cc([N+](=O)[O-])c3C2)CC1. The van der Waals surface area contributed by atoms with E-state index in [1.807, 2.05) is 18.2 Å². The molecule has 1 atom stereocenters. The first kappa shape index (κ1) is 46.6. The van der Waals surface area contributed by atoms with Crippen molar-refractivity contribution in [2.75, 3.05) is 75.4 Å². The zero-order valence-electron chi connectivity index (χ0n) is 37.8. The number of sulfonamides is 1. The van der Waals surface area contributed by atoms with Gasteiger partial charge in [0, 0.05) is 97.8 Å². The fraction of sp³-hybridized carbons (Fsp3) is 0.408. The predicted molar refractivity (Wildman–Crippen MR) is 264 cm³/mol. The Morgan fingerprint density at radius 3 is 2.55 bits per heavy atom. The van der Waals surface area contributed by atoms with Crippen LogP contribution < -0.4 is 19.1 Å². The van der Waals surface area contributed by atoms with Crippen LogP contribution in [0.15, 0.2) is 89.6 Å². The number of piperazine rings is 1. The molecule has 0 spiro atoms. The number of nitrogens with one attached hydrogen (secondary N) is 2. The minimum Gasteiger partial charge on any atom is -0.493 e. The summed E-state index contributed by atoms with van der Waals surface area (Å²) in [5.41, 5.74) is 5.61. The van der Waals surface area contributed by atoms with E-state index in [0.29, 0.717) is 67.5 Å². The van der Waals surface area contributed by atoms with Crippen molar-refractivity contribution in [2.24, 2.45) is 11.3 Å². The third-order valence-corrected chi connectivity index (χ3v) is 17.0. The molecule has 3 aromatic carbocycles. The van der Waals surface area contributed by atoms with Crippen LogP contribution in [0.5, 0.6) is 17.2 Å². The van der Waals surface area contributed by atoms with Crippen LogP contribution in [-0.4, -0.2) is 120 Å². The molecule has 67 heavy (non-hydrogen) atoms. The van der Waals surface area contributed by atoms with E-state index >= 15 is 0 Å². The second-order valence-corrected chi connectivity index (χ2v) is 23.9. The third-order valence-electron chi connectivity index (χ3n) is 13.6. The first-order valence-electron chi connectivity index (χ1n) is 22.7. The number of aromatic amines is 1. The Hall–Kier alpha value is -5.46. The van der Waals surface area contributed by atoms with Gasteiger partial charge in [-0.15, -0.1) is 0 Å². The Morgan fingerprint density at radius 2 is 1.81 bits per heavy atom. The highest BCUT2D eigenvalue weighted by molar-refractivity contribution is 8.00. The fourth-order valence-electron chi connectivity index (χ4n) is 9.61. The molecule has 15 nitrogen and oxygen atoms in total. The molecule has 1 aliphatic carbocycles. The van der Waals surface area contributed by atoms with Gasteiger partial charge < -0.3 is 24.3 Å². The zero-order valence-corrected chi connectivity index (χ0v) is 40.2. The summed E-state index contributed by atoms with van der Waals surface area (Å²) in [6.07, 6.45) is 7.47. The largest absolute Gasteiger partial charge is 0.493 e. The molecule has 1 amide bonds. The Labute approximate surface area is 396 Å². The Morgan fingerprint density at radius 1 is 1.04 bits per heavy atom. The van der Waals surface area contributed by atoms with Gasteiger partial charge in [-0.3, -0.25) is 24.0 Å². The number of carbonyl (C=O) groups is 1. The summed E-state index contributed by atoms with van der Waals surface area (Å²) < 4.78 is 54.7. The molecule has 18 heteroatoms. The number of amides is 1. The zero-order chi connectivity index (χ0) is 47.1. The van der Waals surface area contributed by atoms with E-state index in [1.165, 1.54) is 35.0 Å². The van der Waals surface area contributed by atoms with E-state index < -0.39 is 41.0 Å². The molecule has 9 rings (SSSR count). The molecule has 0 saturated carbocycles. The maximum absolute atomic E-state index is 14.1. The minimum absolute atomic E-state index is 0.0428. The second kappa shape index (κ2) is 18.9. The van der Waals surface area contributed by atoms with Gasteiger partial charge >= 0.3 is 0 Å². The molecule has 5 heterocycles. The molecule has 4 aliphatic rings. The number of carbonyl (C=O) groups excluding carboxylic acids is 1.